The summed E-state index contributed by atoms with van der Waals surface area (Å²) in [7, 11) is 0. The smallest absolute Gasteiger partial charge is 0.211 e. The zero-order chi connectivity index (χ0) is 17.4. The molecule has 1 aliphatic heterocycles. The Bertz CT molecular complexity index is 402. The summed E-state index contributed by atoms with van der Waals surface area (Å²) >= 11 is 17.5. The molecule has 1 saturated heterocycles. The van der Waals surface area contributed by atoms with Gasteiger partial charge in [-0.2, -0.15) is 0 Å². The van der Waals surface area contributed by atoms with Gasteiger partial charge in [-0.3, -0.25) is 0 Å². The van der Waals surface area contributed by atoms with Gasteiger partial charge in [-0.1, -0.05) is 0 Å². The maximum absolute atomic E-state index is 10.2. The van der Waals surface area contributed by atoms with Gasteiger partial charge in [0, 0.05) is 12.5 Å². The lowest BCUT2D eigenvalue weighted by Crippen LogP contribution is -2.58. The quantitative estimate of drug-likeness (QED) is 0.379. The van der Waals surface area contributed by atoms with Crippen LogP contribution >= 0.6 is 34.8 Å². The maximum atomic E-state index is 10.2. The molecule has 136 valence electrons. The Morgan fingerprint density at radius 2 is 1.74 bits per heavy atom. The van der Waals surface area contributed by atoms with Gasteiger partial charge >= 0.3 is 0 Å². The third kappa shape index (κ3) is 3.60. The summed E-state index contributed by atoms with van der Waals surface area (Å²) in [4.78, 5) is 0. The Morgan fingerprint density at radius 1 is 1.09 bits per heavy atom. The number of alkyl halides is 3. The standard InChI is InChI=1S/C13H21Cl3O7/c14-2-7-10(19)12(21)13(4-15,23-7)22-6-1-5(3-17)8(16)11(20)9(6)18/h5-12,17-21H,1-4H2. The molecule has 1 saturated carbocycles. The first-order valence-electron chi connectivity index (χ1n) is 7.26. The molecule has 23 heavy (non-hydrogen) atoms. The first-order valence-corrected chi connectivity index (χ1v) is 8.76. The van der Waals surface area contributed by atoms with Crippen LogP contribution in [0.5, 0.6) is 0 Å². The number of aliphatic hydroxyl groups excluding tert-OH is 5. The SMILES string of the molecule is OCC1CC(OC2(CCl)OC(CCl)C(O)C2O)C(O)C(O)C1Cl. The highest BCUT2D eigenvalue weighted by molar-refractivity contribution is 6.21. The minimum absolute atomic E-state index is 0.0842. The Balaban J connectivity index is 2.18. The largest absolute Gasteiger partial charge is 0.396 e. The molecule has 2 fully saturated rings. The first kappa shape index (κ1) is 19.9. The Kier molecular flexibility index (Phi) is 6.81. The van der Waals surface area contributed by atoms with Crippen molar-refractivity contribution in [3.05, 3.63) is 0 Å². The van der Waals surface area contributed by atoms with E-state index in [9.17, 15) is 25.5 Å². The second-order valence-electron chi connectivity index (χ2n) is 5.95. The van der Waals surface area contributed by atoms with Gasteiger partial charge in [-0.05, 0) is 6.42 Å². The summed E-state index contributed by atoms with van der Waals surface area (Å²) in [5.41, 5.74) is 0. The van der Waals surface area contributed by atoms with Gasteiger partial charge in [0.1, 0.15) is 24.4 Å². The van der Waals surface area contributed by atoms with Crippen LogP contribution in [0.15, 0.2) is 0 Å². The van der Waals surface area contributed by atoms with Crippen molar-refractivity contribution in [2.45, 2.75) is 54.2 Å². The van der Waals surface area contributed by atoms with Crippen molar-refractivity contribution in [2.75, 3.05) is 18.4 Å². The van der Waals surface area contributed by atoms with Gasteiger partial charge in [0.15, 0.2) is 0 Å². The van der Waals surface area contributed by atoms with Crippen LogP contribution in [0.2, 0.25) is 0 Å². The zero-order valence-corrected chi connectivity index (χ0v) is 14.4. The summed E-state index contributed by atoms with van der Waals surface area (Å²) in [5.74, 6) is -2.70. The molecule has 9 unspecified atom stereocenters. The van der Waals surface area contributed by atoms with Crippen molar-refractivity contribution in [1.82, 2.24) is 0 Å². The van der Waals surface area contributed by atoms with Crippen molar-refractivity contribution >= 4 is 34.8 Å². The summed E-state index contributed by atoms with van der Waals surface area (Å²) in [6.45, 7) is -0.304. The molecule has 2 aliphatic rings. The molecule has 1 heterocycles. The van der Waals surface area contributed by atoms with E-state index in [0.29, 0.717) is 0 Å². The molecule has 1 aliphatic carbocycles. The van der Waals surface area contributed by atoms with Crippen LogP contribution in [0, 0.1) is 5.92 Å². The van der Waals surface area contributed by atoms with E-state index in [-0.39, 0.29) is 24.8 Å². The van der Waals surface area contributed by atoms with Crippen molar-refractivity contribution in [3.8, 4) is 0 Å². The molecule has 0 aromatic rings. The molecule has 2 rings (SSSR count). The molecule has 10 heteroatoms. The van der Waals surface area contributed by atoms with Crippen LogP contribution in [-0.4, -0.2) is 91.7 Å². The molecule has 0 aromatic heterocycles. The fourth-order valence-electron chi connectivity index (χ4n) is 3.03. The minimum Gasteiger partial charge on any atom is -0.396 e. The lowest BCUT2D eigenvalue weighted by molar-refractivity contribution is -0.288. The molecule has 0 radical (unpaired) electrons. The molecule has 0 bridgehead atoms. The lowest BCUT2D eigenvalue weighted by atomic mass is 9.83. The van der Waals surface area contributed by atoms with Gasteiger partial charge in [0.25, 0.3) is 0 Å². The van der Waals surface area contributed by atoms with Crippen LogP contribution in [0.3, 0.4) is 0 Å². The molecule has 7 nitrogen and oxygen atoms in total. The van der Waals surface area contributed by atoms with E-state index in [4.69, 9.17) is 44.3 Å². The summed E-state index contributed by atoms with van der Waals surface area (Å²) in [6.07, 6.45) is -7.21. The van der Waals surface area contributed by atoms with Crippen LogP contribution in [0.25, 0.3) is 0 Å². The van der Waals surface area contributed by atoms with Gasteiger partial charge < -0.3 is 35.0 Å². The Labute approximate surface area is 148 Å². The van der Waals surface area contributed by atoms with E-state index >= 15 is 0 Å². The molecule has 9 atom stereocenters. The van der Waals surface area contributed by atoms with Crippen LogP contribution in [-0.2, 0) is 9.47 Å². The number of hydrogen-bond donors (Lipinski definition) is 5. The second kappa shape index (κ2) is 7.86. The third-order valence-corrected chi connectivity index (χ3v) is 5.76. The van der Waals surface area contributed by atoms with Crippen molar-refractivity contribution in [3.63, 3.8) is 0 Å². The highest BCUT2D eigenvalue weighted by Crippen LogP contribution is 2.39. The topological polar surface area (TPSA) is 120 Å². The van der Waals surface area contributed by atoms with Crippen molar-refractivity contribution in [1.29, 1.82) is 0 Å². The van der Waals surface area contributed by atoms with Gasteiger partial charge in [0.2, 0.25) is 5.79 Å². The van der Waals surface area contributed by atoms with E-state index < -0.39 is 53.7 Å². The summed E-state index contributed by atoms with van der Waals surface area (Å²) < 4.78 is 11.1. The normalized spacial score (nSPS) is 51.1. The third-order valence-electron chi connectivity index (χ3n) is 4.47. The lowest BCUT2D eigenvalue weighted by Gasteiger charge is -2.43. The number of hydrogen-bond acceptors (Lipinski definition) is 7. The van der Waals surface area contributed by atoms with Crippen molar-refractivity contribution < 1.29 is 35.0 Å². The average molecular weight is 396 g/mol. The van der Waals surface area contributed by atoms with Crippen LogP contribution < -0.4 is 0 Å². The number of rotatable bonds is 5. The van der Waals surface area contributed by atoms with Crippen molar-refractivity contribution in [2.24, 2.45) is 5.92 Å². The van der Waals surface area contributed by atoms with Crippen LogP contribution in [0.1, 0.15) is 6.42 Å². The predicted octanol–water partition coefficient (Wildman–Crippen LogP) is -0.993. The molecule has 5 N–H and O–H groups in total. The first-order chi connectivity index (χ1) is 10.8. The van der Waals surface area contributed by atoms with E-state index in [2.05, 4.69) is 0 Å². The van der Waals surface area contributed by atoms with E-state index in [1.165, 1.54) is 0 Å². The summed E-state index contributed by atoms with van der Waals surface area (Å²) in [5, 5.41) is 48.8. The number of aliphatic hydroxyl groups is 5. The maximum Gasteiger partial charge on any atom is 0.211 e. The monoisotopic (exact) mass is 394 g/mol. The Hall–Kier alpha value is 0.590. The van der Waals surface area contributed by atoms with Gasteiger partial charge in [0.05, 0.1) is 29.3 Å². The predicted molar refractivity (Wildman–Crippen MR) is 82.8 cm³/mol. The molecule has 0 aromatic carbocycles. The molecular weight excluding hydrogens is 374 g/mol. The molecular formula is C13H21Cl3O7. The second-order valence-corrected chi connectivity index (χ2v) is 7.03. The highest BCUT2D eigenvalue weighted by Gasteiger charge is 2.57. The minimum atomic E-state index is -1.77. The molecule has 0 spiro atoms. The molecule has 0 amide bonds. The average Bonchev–Trinajstić information content (AvgIpc) is 2.80. The fraction of sp³-hybridized carbons (Fsp3) is 1.00. The highest BCUT2D eigenvalue weighted by atomic mass is 35.5. The van der Waals surface area contributed by atoms with E-state index in [1.807, 2.05) is 0 Å². The van der Waals surface area contributed by atoms with Gasteiger partial charge in [-0.15, -0.1) is 34.8 Å². The summed E-state index contributed by atoms with van der Waals surface area (Å²) in [6, 6.07) is 0. The number of ether oxygens (including phenoxy) is 2. The zero-order valence-electron chi connectivity index (χ0n) is 12.1. The number of halogens is 3. The van der Waals surface area contributed by atoms with E-state index in [1.54, 1.807) is 0 Å². The fourth-order valence-corrected chi connectivity index (χ4v) is 3.89. The van der Waals surface area contributed by atoms with Gasteiger partial charge in [-0.25, -0.2) is 0 Å². The van der Waals surface area contributed by atoms with Crippen LogP contribution in [0.4, 0.5) is 0 Å². The Morgan fingerprint density at radius 3 is 2.22 bits per heavy atom. The van der Waals surface area contributed by atoms with E-state index in [0.717, 1.165) is 0 Å².